The molecule has 1 fully saturated rings. The Balaban J connectivity index is 1.55. The maximum absolute atomic E-state index is 14.7. The molecule has 1 N–H and O–H groups in total. The summed E-state index contributed by atoms with van der Waals surface area (Å²) in [4.78, 5) is 13.4. The van der Waals surface area contributed by atoms with Crippen LogP contribution < -0.4 is 5.32 Å². The average Bonchev–Trinajstić information content (AvgIpc) is 2.80. The van der Waals surface area contributed by atoms with E-state index in [1.165, 1.54) is 12.1 Å². The standard InChI is InChI=1S/C23H27F3N6O/c1-14(18-5-4-6-19(21(18)24)22(25)26)27-23-20-13-32(8-7-17(20)15(2)28-29-23)31-11-9-30(10-12-31)16(3)33/h4-8,14,22H,9-13H2,1-3H3,(H,27,29)/t14-/m1/s1. The molecule has 2 aliphatic rings. The lowest BCUT2D eigenvalue weighted by atomic mass is 10.0. The molecule has 0 radical (unpaired) electrons. The molecule has 1 aromatic heterocycles. The molecule has 1 aromatic carbocycles. The highest BCUT2D eigenvalue weighted by Crippen LogP contribution is 2.32. The van der Waals surface area contributed by atoms with E-state index in [1.807, 2.05) is 24.1 Å². The summed E-state index contributed by atoms with van der Waals surface area (Å²) >= 11 is 0. The number of piperazine rings is 1. The summed E-state index contributed by atoms with van der Waals surface area (Å²) < 4.78 is 40.9. The fraction of sp³-hybridized carbons (Fsp3) is 0.435. The molecule has 2 aromatic rings. The van der Waals surface area contributed by atoms with Gasteiger partial charge in [0, 0.05) is 56.0 Å². The number of alkyl halides is 2. The lowest BCUT2D eigenvalue weighted by Crippen LogP contribution is -2.53. The minimum Gasteiger partial charge on any atom is -0.362 e. The van der Waals surface area contributed by atoms with E-state index in [-0.39, 0.29) is 11.5 Å². The van der Waals surface area contributed by atoms with Crippen LogP contribution in [0.25, 0.3) is 6.08 Å². The topological polar surface area (TPSA) is 64.6 Å². The van der Waals surface area contributed by atoms with Gasteiger partial charge in [0.1, 0.15) is 5.82 Å². The number of hydrazine groups is 1. The Morgan fingerprint density at radius 2 is 1.82 bits per heavy atom. The number of nitrogens with one attached hydrogen (secondary N) is 1. The second-order valence-electron chi connectivity index (χ2n) is 8.32. The highest BCUT2D eigenvalue weighted by molar-refractivity contribution is 5.73. The van der Waals surface area contributed by atoms with Crippen LogP contribution in [0.15, 0.2) is 24.4 Å². The number of aromatic nitrogens is 2. The molecule has 7 nitrogen and oxygen atoms in total. The van der Waals surface area contributed by atoms with E-state index in [4.69, 9.17) is 0 Å². The van der Waals surface area contributed by atoms with Gasteiger partial charge >= 0.3 is 0 Å². The van der Waals surface area contributed by atoms with Crippen LogP contribution in [0.3, 0.4) is 0 Å². The summed E-state index contributed by atoms with van der Waals surface area (Å²) in [5.74, 6) is -0.350. The SMILES string of the molecule is CC(=O)N1CCN(N2C=Cc3c(C)nnc(N[C@H](C)c4cccc(C(F)F)c4F)c3C2)CC1. The van der Waals surface area contributed by atoms with Gasteiger partial charge in [-0.05, 0) is 19.9 Å². The molecule has 2 aliphatic heterocycles. The Hall–Kier alpha value is -3.14. The quantitative estimate of drug-likeness (QED) is 0.730. The third-order valence-corrected chi connectivity index (χ3v) is 6.21. The number of fused-ring (bicyclic) bond motifs is 1. The summed E-state index contributed by atoms with van der Waals surface area (Å²) in [6.45, 7) is 8.41. The number of hydrogen-bond acceptors (Lipinski definition) is 6. The molecular formula is C23H27F3N6O. The number of rotatable bonds is 5. The van der Waals surface area contributed by atoms with Crippen LogP contribution in [0, 0.1) is 12.7 Å². The number of hydrogen-bond donors (Lipinski definition) is 1. The highest BCUT2D eigenvalue weighted by atomic mass is 19.3. The largest absolute Gasteiger partial charge is 0.362 e. The summed E-state index contributed by atoms with van der Waals surface area (Å²) in [7, 11) is 0. The van der Waals surface area contributed by atoms with Crippen molar-refractivity contribution in [3.8, 4) is 0 Å². The number of anilines is 1. The number of amides is 1. The molecule has 0 aliphatic carbocycles. The number of carbonyl (C=O) groups is 1. The smallest absolute Gasteiger partial charge is 0.266 e. The normalized spacial score (nSPS) is 17.3. The van der Waals surface area contributed by atoms with Crippen LogP contribution in [0.2, 0.25) is 0 Å². The van der Waals surface area contributed by atoms with Crippen molar-refractivity contribution in [1.82, 2.24) is 25.1 Å². The van der Waals surface area contributed by atoms with Gasteiger partial charge in [-0.1, -0.05) is 18.2 Å². The van der Waals surface area contributed by atoms with Crippen LogP contribution >= 0.6 is 0 Å². The average molecular weight is 461 g/mol. The lowest BCUT2D eigenvalue weighted by Gasteiger charge is -2.42. The van der Waals surface area contributed by atoms with Crippen molar-refractivity contribution >= 4 is 17.8 Å². The van der Waals surface area contributed by atoms with Crippen molar-refractivity contribution in [2.75, 3.05) is 31.5 Å². The second-order valence-corrected chi connectivity index (χ2v) is 8.32. The minimum atomic E-state index is -2.88. The van der Waals surface area contributed by atoms with Crippen molar-refractivity contribution in [1.29, 1.82) is 0 Å². The number of nitrogens with zero attached hydrogens (tertiary/aromatic N) is 5. The van der Waals surface area contributed by atoms with Crippen LogP contribution in [0.1, 0.15) is 54.3 Å². The Labute approximate surface area is 190 Å². The van der Waals surface area contributed by atoms with E-state index >= 15 is 0 Å². The molecule has 176 valence electrons. The number of benzene rings is 1. The monoisotopic (exact) mass is 460 g/mol. The van der Waals surface area contributed by atoms with Gasteiger partial charge in [0.15, 0.2) is 5.82 Å². The van der Waals surface area contributed by atoms with E-state index in [1.54, 1.807) is 13.8 Å². The van der Waals surface area contributed by atoms with Crippen LogP contribution in [-0.4, -0.2) is 57.2 Å². The number of aryl methyl sites for hydroxylation is 1. The van der Waals surface area contributed by atoms with Crippen LogP contribution in [0.5, 0.6) is 0 Å². The molecule has 0 saturated carbocycles. The van der Waals surface area contributed by atoms with E-state index in [0.717, 1.165) is 22.9 Å². The summed E-state index contributed by atoms with van der Waals surface area (Å²) in [6.07, 6.45) is 1.07. The molecule has 1 saturated heterocycles. The van der Waals surface area contributed by atoms with Gasteiger partial charge in [-0.15, -0.1) is 5.10 Å². The fourth-order valence-corrected chi connectivity index (χ4v) is 4.27. The first-order chi connectivity index (χ1) is 15.8. The van der Waals surface area contributed by atoms with Crippen molar-refractivity contribution in [2.24, 2.45) is 0 Å². The predicted octanol–water partition coefficient (Wildman–Crippen LogP) is 3.90. The van der Waals surface area contributed by atoms with Gasteiger partial charge in [0.05, 0.1) is 23.8 Å². The van der Waals surface area contributed by atoms with E-state index < -0.39 is 23.8 Å². The molecular weight excluding hydrogens is 433 g/mol. The van der Waals surface area contributed by atoms with Crippen molar-refractivity contribution < 1.29 is 18.0 Å². The molecule has 0 spiro atoms. The van der Waals surface area contributed by atoms with Gasteiger partial charge in [-0.25, -0.2) is 18.2 Å². The minimum absolute atomic E-state index is 0.0729. The fourth-order valence-electron chi connectivity index (χ4n) is 4.27. The predicted molar refractivity (Wildman–Crippen MR) is 119 cm³/mol. The van der Waals surface area contributed by atoms with Gasteiger partial charge < -0.3 is 15.2 Å². The molecule has 0 unspecified atom stereocenters. The summed E-state index contributed by atoms with van der Waals surface area (Å²) in [5, 5.41) is 15.9. The molecule has 3 heterocycles. The maximum Gasteiger partial charge on any atom is 0.266 e. The zero-order chi connectivity index (χ0) is 23.7. The third kappa shape index (κ3) is 4.66. The van der Waals surface area contributed by atoms with Gasteiger partial charge in [-0.3, -0.25) is 4.79 Å². The van der Waals surface area contributed by atoms with Crippen LogP contribution in [0.4, 0.5) is 19.0 Å². The number of carbonyl (C=O) groups excluding carboxylic acids is 1. The van der Waals surface area contributed by atoms with Gasteiger partial charge in [0.2, 0.25) is 5.91 Å². The second kappa shape index (κ2) is 9.38. The van der Waals surface area contributed by atoms with Gasteiger partial charge in [-0.2, -0.15) is 5.10 Å². The van der Waals surface area contributed by atoms with Crippen molar-refractivity contribution in [3.63, 3.8) is 0 Å². The first-order valence-electron chi connectivity index (χ1n) is 10.9. The first-order valence-corrected chi connectivity index (χ1v) is 10.9. The molecule has 33 heavy (non-hydrogen) atoms. The molecule has 1 amide bonds. The Morgan fingerprint density at radius 3 is 2.48 bits per heavy atom. The van der Waals surface area contributed by atoms with Crippen molar-refractivity contribution in [3.05, 3.63) is 58.2 Å². The zero-order valence-corrected chi connectivity index (χ0v) is 18.9. The third-order valence-electron chi connectivity index (χ3n) is 6.21. The Morgan fingerprint density at radius 1 is 1.12 bits per heavy atom. The summed E-state index contributed by atoms with van der Waals surface area (Å²) in [5.41, 5.74) is 2.13. The lowest BCUT2D eigenvalue weighted by molar-refractivity contribution is -0.133. The molecule has 1 atom stereocenters. The van der Waals surface area contributed by atoms with E-state index in [9.17, 15) is 18.0 Å². The molecule has 4 rings (SSSR count). The summed E-state index contributed by atoms with van der Waals surface area (Å²) in [6, 6.07) is 3.43. The first kappa shape index (κ1) is 23.0. The Kier molecular flexibility index (Phi) is 6.55. The van der Waals surface area contributed by atoms with Crippen LogP contribution in [-0.2, 0) is 11.3 Å². The number of halogens is 3. The Bertz CT molecular complexity index is 1070. The van der Waals surface area contributed by atoms with E-state index in [0.29, 0.717) is 38.5 Å². The van der Waals surface area contributed by atoms with E-state index in [2.05, 4.69) is 25.5 Å². The molecule has 10 heteroatoms. The van der Waals surface area contributed by atoms with Crippen molar-refractivity contribution in [2.45, 2.75) is 39.8 Å². The maximum atomic E-state index is 14.7. The highest BCUT2D eigenvalue weighted by Gasteiger charge is 2.27. The van der Waals surface area contributed by atoms with Gasteiger partial charge in [0.25, 0.3) is 6.43 Å². The molecule has 0 bridgehead atoms. The zero-order valence-electron chi connectivity index (χ0n) is 18.9.